The number of pyridine rings is 1. The minimum absolute atomic E-state index is 0.254. The van der Waals surface area contributed by atoms with Crippen LogP contribution in [0.4, 0.5) is 5.69 Å². The van der Waals surface area contributed by atoms with Crippen LogP contribution in [-0.4, -0.2) is 36.3 Å². The molecule has 0 amide bonds. The number of hydrogen-bond acceptors (Lipinski definition) is 7. The van der Waals surface area contributed by atoms with Gasteiger partial charge in [-0.1, -0.05) is 38.1 Å². The van der Waals surface area contributed by atoms with Crippen molar-refractivity contribution in [1.29, 1.82) is 5.26 Å². The zero-order valence-electron chi connectivity index (χ0n) is 26.9. The Morgan fingerprint density at radius 3 is 2.21 bits per heavy atom. The van der Waals surface area contributed by atoms with Crippen LogP contribution in [0, 0.1) is 30.6 Å². The zero-order valence-corrected chi connectivity index (χ0v) is 26.9. The molecule has 1 atom stereocenters. The lowest BCUT2D eigenvalue weighted by atomic mass is 9.82. The number of nitriles is 1. The van der Waals surface area contributed by atoms with Crippen molar-refractivity contribution >= 4 is 11.7 Å². The number of ether oxygens (including phenoxy) is 3. The standard InChI is InChI=1S/C36H45N3O4/c1-9-41-34(40)33(43-35(4,5)6)31-25(3)38-24(2)30(32(31)39-20-18-36(7,8)19-21-39)28-14-16-29(17-15-28)42-23-27-12-10-26(22-37)11-13-27/h10-17,33H,9,18-21,23H2,1-8H3/t33-/m0/s1. The van der Waals surface area contributed by atoms with Crippen molar-refractivity contribution in [3.63, 3.8) is 0 Å². The molecule has 1 aromatic heterocycles. The average molecular weight is 584 g/mol. The van der Waals surface area contributed by atoms with Gasteiger partial charge in [-0.15, -0.1) is 0 Å². The molecule has 1 aliphatic heterocycles. The molecular weight excluding hydrogens is 538 g/mol. The fourth-order valence-corrected chi connectivity index (χ4v) is 5.53. The first kappa shape index (κ1) is 32.0. The summed E-state index contributed by atoms with van der Waals surface area (Å²) in [6.07, 6.45) is 1.17. The van der Waals surface area contributed by atoms with Crippen LogP contribution in [0.3, 0.4) is 0 Å². The van der Waals surface area contributed by atoms with Gasteiger partial charge in [-0.25, -0.2) is 4.79 Å². The monoisotopic (exact) mass is 583 g/mol. The molecule has 7 heteroatoms. The van der Waals surface area contributed by atoms with Crippen molar-refractivity contribution in [1.82, 2.24) is 4.98 Å². The van der Waals surface area contributed by atoms with Crippen molar-refractivity contribution in [2.45, 2.75) is 86.5 Å². The first-order chi connectivity index (χ1) is 20.3. The maximum atomic E-state index is 13.5. The molecule has 2 aromatic carbocycles. The Morgan fingerprint density at radius 1 is 1.02 bits per heavy atom. The zero-order chi connectivity index (χ0) is 31.4. The van der Waals surface area contributed by atoms with E-state index in [1.165, 1.54) is 0 Å². The van der Waals surface area contributed by atoms with Gasteiger partial charge in [0, 0.05) is 35.6 Å². The summed E-state index contributed by atoms with van der Waals surface area (Å²) in [6, 6.07) is 17.6. The molecule has 1 aliphatic rings. The molecule has 1 fully saturated rings. The van der Waals surface area contributed by atoms with E-state index in [0.29, 0.717) is 12.2 Å². The maximum absolute atomic E-state index is 13.5. The van der Waals surface area contributed by atoms with Gasteiger partial charge in [-0.2, -0.15) is 5.26 Å². The van der Waals surface area contributed by atoms with Gasteiger partial charge >= 0.3 is 5.97 Å². The van der Waals surface area contributed by atoms with E-state index in [1.807, 2.05) is 65.8 Å². The normalized spacial score (nSPS) is 15.5. The second-order valence-electron chi connectivity index (χ2n) is 13.1. The van der Waals surface area contributed by atoms with E-state index in [2.05, 4.69) is 36.9 Å². The third-order valence-electron chi connectivity index (χ3n) is 7.88. The van der Waals surface area contributed by atoms with Gasteiger partial charge in [0.2, 0.25) is 0 Å². The molecular formula is C36H45N3O4. The molecule has 0 aliphatic carbocycles. The van der Waals surface area contributed by atoms with Crippen LogP contribution in [0.25, 0.3) is 11.1 Å². The number of esters is 1. The number of nitrogens with zero attached hydrogens (tertiary/aromatic N) is 3. The number of carbonyl (C=O) groups is 1. The second kappa shape index (κ2) is 13.2. The third kappa shape index (κ3) is 7.94. The van der Waals surface area contributed by atoms with Gasteiger partial charge < -0.3 is 19.1 Å². The molecule has 4 rings (SSSR count). The third-order valence-corrected chi connectivity index (χ3v) is 7.88. The van der Waals surface area contributed by atoms with E-state index in [9.17, 15) is 4.79 Å². The van der Waals surface area contributed by atoms with Crippen LogP contribution in [0.15, 0.2) is 48.5 Å². The van der Waals surface area contributed by atoms with E-state index in [-0.39, 0.29) is 12.0 Å². The summed E-state index contributed by atoms with van der Waals surface area (Å²) in [5.41, 5.74) is 6.71. The summed E-state index contributed by atoms with van der Waals surface area (Å²) >= 11 is 0. The van der Waals surface area contributed by atoms with Gasteiger partial charge in [0.25, 0.3) is 0 Å². The molecule has 1 saturated heterocycles. The number of benzene rings is 2. The van der Waals surface area contributed by atoms with Crippen LogP contribution >= 0.6 is 0 Å². The lowest BCUT2D eigenvalue weighted by molar-refractivity contribution is -0.166. The van der Waals surface area contributed by atoms with Crippen molar-refractivity contribution in [2.75, 3.05) is 24.6 Å². The van der Waals surface area contributed by atoms with E-state index < -0.39 is 17.7 Å². The number of rotatable bonds is 9. The topological polar surface area (TPSA) is 84.7 Å². The summed E-state index contributed by atoms with van der Waals surface area (Å²) < 4.78 is 18.1. The van der Waals surface area contributed by atoms with Crippen LogP contribution < -0.4 is 9.64 Å². The Bertz CT molecular complexity index is 1450. The van der Waals surface area contributed by atoms with E-state index in [1.54, 1.807) is 12.1 Å². The van der Waals surface area contributed by atoms with E-state index in [4.69, 9.17) is 24.5 Å². The smallest absolute Gasteiger partial charge is 0.340 e. The lowest BCUT2D eigenvalue weighted by Crippen LogP contribution is -2.39. The minimum atomic E-state index is -0.910. The van der Waals surface area contributed by atoms with Crippen molar-refractivity contribution in [3.05, 3.63) is 76.6 Å². The van der Waals surface area contributed by atoms with Crippen LogP contribution in [0.5, 0.6) is 5.75 Å². The van der Waals surface area contributed by atoms with Gasteiger partial charge in [-0.05, 0) is 95.2 Å². The second-order valence-corrected chi connectivity index (χ2v) is 13.1. The largest absolute Gasteiger partial charge is 0.489 e. The minimum Gasteiger partial charge on any atom is -0.489 e. The summed E-state index contributed by atoms with van der Waals surface area (Å²) in [4.78, 5) is 20.9. The van der Waals surface area contributed by atoms with Crippen molar-refractivity contribution in [3.8, 4) is 22.9 Å². The molecule has 0 bridgehead atoms. The highest BCUT2D eigenvalue weighted by atomic mass is 16.6. The SMILES string of the molecule is CCOC(=O)[C@@H](OC(C)(C)C)c1c(C)nc(C)c(-c2ccc(OCc3ccc(C#N)cc3)cc2)c1N1CCC(C)(C)CC1. The predicted molar refractivity (Wildman–Crippen MR) is 170 cm³/mol. The molecule has 0 N–H and O–H groups in total. The van der Waals surface area contributed by atoms with Gasteiger partial charge in [0.15, 0.2) is 6.10 Å². The predicted octanol–water partition coefficient (Wildman–Crippen LogP) is 7.86. The molecule has 0 saturated carbocycles. The highest BCUT2D eigenvalue weighted by Gasteiger charge is 2.37. The first-order valence-corrected chi connectivity index (χ1v) is 15.1. The molecule has 7 nitrogen and oxygen atoms in total. The molecule has 0 spiro atoms. The summed E-state index contributed by atoms with van der Waals surface area (Å²) in [7, 11) is 0. The number of hydrogen-bond donors (Lipinski definition) is 0. The van der Waals surface area contributed by atoms with Crippen LogP contribution in [-0.2, 0) is 20.9 Å². The van der Waals surface area contributed by atoms with Gasteiger partial charge in [0.05, 0.1) is 29.5 Å². The maximum Gasteiger partial charge on any atom is 0.340 e. The molecule has 2 heterocycles. The van der Waals surface area contributed by atoms with Crippen LogP contribution in [0.2, 0.25) is 0 Å². The number of carbonyl (C=O) groups excluding carboxylic acids is 1. The summed E-state index contributed by atoms with van der Waals surface area (Å²) in [6.45, 7) is 18.7. The quantitative estimate of drug-likeness (QED) is 0.237. The van der Waals surface area contributed by atoms with Crippen molar-refractivity contribution < 1.29 is 19.0 Å². The highest BCUT2D eigenvalue weighted by molar-refractivity contribution is 5.88. The van der Waals surface area contributed by atoms with Crippen LogP contribution in [0.1, 0.15) is 88.6 Å². The molecule has 0 unspecified atom stereocenters. The Hall–Kier alpha value is -3.89. The van der Waals surface area contributed by atoms with Gasteiger partial charge in [0.1, 0.15) is 12.4 Å². The molecule has 228 valence electrons. The summed E-state index contributed by atoms with van der Waals surface area (Å²) in [5.74, 6) is 0.343. The Kier molecular flexibility index (Phi) is 9.82. The Morgan fingerprint density at radius 2 is 1.65 bits per heavy atom. The highest BCUT2D eigenvalue weighted by Crippen LogP contribution is 2.45. The van der Waals surface area contributed by atoms with E-state index in [0.717, 1.165) is 71.0 Å². The fraction of sp³-hybridized carbons (Fsp3) is 0.472. The first-order valence-electron chi connectivity index (χ1n) is 15.1. The number of aryl methyl sites for hydroxylation is 2. The lowest BCUT2D eigenvalue weighted by Gasteiger charge is -2.41. The number of piperidine rings is 1. The number of aromatic nitrogens is 1. The Labute approximate surface area is 256 Å². The summed E-state index contributed by atoms with van der Waals surface area (Å²) in [5, 5.41) is 9.05. The number of anilines is 1. The van der Waals surface area contributed by atoms with E-state index >= 15 is 0 Å². The fourth-order valence-electron chi connectivity index (χ4n) is 5.53. The van der Waals surface area contributed by atoms with Gasteiger partial charge in [-0.3, -0.25) is 4.98 Å². The molecule has 43 heavy (non-hydrogen) atoms. The average Bonchev–Trinajstić information content (AvgIpc) is 2.95. The van der Waals surface area contributed by atoms with Crippen molar-refractivity contribution in [2.24, 2.45) is 5.41 Å². The molecule has 3 aromatic rings. The molecule has 0 radical (unpaired) electrons. The Balaban J connectivity index is 1.78.